The highest BCUT2D eigenvalue weighted by atomic mass is 35.5. The van der Waals surface area contributed by atoms with E-state index in [9.17, 15) is 9.59 Å². The van der Waals surface area contributed by atoms with Crippen molar-refractivity contribution in [3.8, 4) is 11.3 Å². The summed E-state index contributed by atoms with van der Waals surface area (Å²) in [5, 5.41) is 8.94. The van der Waals surface area contributed by atoms with Gasteiger partial charge in [-0.15, -0.1) is 5.10 Å². The number of benzene rings is 2. The second-order valence-electron chi connectivity index (χ2n) is 6.49. The molecule has 0 N–H and O–H groups in total. The van der Waals surface area contributed by atoms with E-state index in [0.717, 1.165) is 11.1 Å². The first kappa shape index (κ1) is 17.2. The first-order valence-electron chi connectivity index (χ1n) is 8.47. The van der Waals surface area contributed by atoms with Gasteiger partial charge in [-0.1, -0.05) is 58.7 Å². The number of allylic oxidation sites excluding steroid dienone is 1. The average molecular weight is 412 g/mol. The molecule has 0 fully saturated rings. The van der Waals surface area contributed by atoms with Crippen LogP contribution in [0.15, 0.2) is 53.7 Å². The topological polar surface area (TPSA) is 74.1 Å². The summed E-state index contributed by atoms with van der Waals surface area (Å²) in [6, 6.07) is 12.2. The molecule has 3 aromatic rings. The summed E-state index contributed by atoms with van der Waals surface area (Å²) in [5.74, 6) is -1.12. The van der Waals surface area contributed by atoms with E-state index in [1.165, 1.54) is 0 Å². The van der Waals surface area contributed by atoms with Crippen LogP contribution < -0.4 is 0 Å². The predicted octanol–water partition coefficient (Wildman–Crippen LogP) is 3.89. The molecular formula is C20H11Cl2N3O3. The van der Waals surface area contributed by atoms with Gasteiger partial charge >= 0.3 is 0 Å². The van der Waals surface area contributed by atoms with Crippen molar-refractivity contribution in [1.29, 1.82) is 0 Å². The number of Topliss-reactive ketones (excluding diaryl/α,β-unsaturated/α-hetero) is 2. The molecule has 5 rings (SSSR count). The van der Waals surface area contributed by atoms with Crippen LogP contribution >= 0.6 is 23.2 Å². The Bertz CT molecular complexity index is 1180. The molecule has 0 saturated carbocycles. The molecule has 8 heteroatoms. The third-order valence-corrected chi connectivity index (χ3v) is 5.48. The van der Waals surface area contributed by atoms with Gasteiger partial charge in [0, 0.05) is 21.7 Å². The molecule has 1 unspecified atom stereocenters. The van der Waals surface area contributed by atoms with Crippen LogP contribution in [-0.2, 0) is 9.53 Å². The van der Waals surface area contributed by atoms with Gasteiger partial charge in [0.15, 0.2) is 0 Å². The van der Waals surface area contributed by atoms with Crippen LogP contribution in [0.3, 0.4) is 0 Å². The van der Waals surface area contributed by atoms with E-state index in [0.29, 0.717) is 21.8 Å². The molecule has 2 aliphatic rings. The van der Waals surface area contributed by atoms with E-state index in [2.05, 4.69) is 10.3 Å². The molecule has 28 heavy (non-hydrogen) atoms. The molecule has 1 aliphatic carbocycles. The number of nitrogens with zero attached hydrogens (tertiary/aromatic N) is 3. The summed E-state index contributed by atoms with van der Waals surface area (Å²) < 4.78 is 7.47. The average Bonchev–Trinajstić information content (AvgIpc) is 3.20. The van der Waals surface area contributed by atoms with Crippen molar-refractivity contribution >= 4 is 40.5 Å². The van der Waals surface area contributed by atoms with Crippen molar-refractivity contribution in [3.05, 3.63) is 75.4 Å². The fourth-order valence-corrected chi connectivity index (χ4v) is 3.87. The monoisotopic (exact) mass is 411 g/mol. The summed E-state index contributed by atoms with van der Waals surface area (Å²) in [6.45, 7) is 0.215. The van der Waals surface area contributed by atoms with Crippen molar-refractivity contribution in [2.24, 2.45) is 0 Å². The SMILES string of the molecule is O=C1C(=O)c2cccc3c2C(=C1Cl)OCC3n1cc(-c2ccc(Cl)cc2)nn1. The Labute approximate surface area is 169 Å². The smallest absolute Gasteiger partial charge is 0.248 e. The Morgan fingerprint density at radius 3 is 2.61 bits per heavy atom. The zero-order chi connectivity index (χ0) is 19.4. The number of ether oxygens (including phenoxy) is 1. The number of aromatic nitrogens is 3. The lowest BCUT2D eigenvalue weighted by atomic mass is 9.86. The Hall–Kier alpha value is -2.96. The van der Waals surface area contributed by atoms with Gasteiger partial charge in [0.2, 0.25) is 11.6 Å². The fourth-order valence-electron chi connectivity index (χ4n) is 3.51. The first-order valence-corrected chi connectivity index (χ1v) is 9.23. The zero-order valence-corrected chi connectivity index (χ0v) is 15.7. The van der Waals surface area contributed by atoms with Gasteiger partial charge < -0.3 is 4.74 Å². The van der Waals surface area contributed by atoms with Crippen molar-refractivity contribution in [3.63, 3.8) is 0 Å². The van der Waals surface area contributed by atoms with E-state index < -0.39 is 11.6 Å². The number of halogens is 2. The minimum atomic E-state index is -0.745. The van der Waals surface area contributed by atoms with Gasteiger partial charge in [0.25, 0.3) is 0 Å². The van der Waals surface area contributed by atoms with Crippen LogP contribution in [0.2, 0.25) is 5.02 Å². The summed E-state index contributed by atoms with van der Waals surface area (Å²) in [5.41, 5.74) is 3.23. The van der Waals surface area contributed by atoms with Crippen molar-refractivity contribution in [2.75, 3.05) is 6.61 Å². The zero-order valence-electron chi connectivity index (χ0n) is 14.2. The molecule has 2 heterocycles. The molecule has 1 aliphatic heterocycles. The molecule has 6 nitrogen and oxygen atoms in total. The minimum absolute atomic E-state index is 0.177. The lowest BCUT2D eigenvalue weighted by molar-refractivity contribution is -0.111. The lowest BCUT2D eigenvalue weighted by Crippen LogP contribution is -2.30. The normalized spacial score (nSPS) is 18.1. The highest BCUT2D eigenvalue weighted by Crippen LogP contribution is 2.41. The van der Waals surface area contributed by atoms with Crippen LogP contribution in [0.25, 0.3) is 17.0 Å². The van der Waals surface area contributed by atoms with Crippen LogP contribution in [0.5, 0.6) is 0 Å². The summed E-state index contributed by atoms with van der Waals surface area (Å²) in [6.07, 6.45) is 1.81. The van der Waals surface area contributed by atoms with Crippen molar-refractivity contribution in [2.45, 2.75) is 6.04 Å². The molecular weight excluding hydrogens is 401 g/mol. The van der Waals surface area contributed by atoms with Crippen LogP contribution in [0, 0.1) is 0 Å². The summed E-state index contributed by atoms with van der Waals surface area (Å²) in [4.78, 5) is 24.4. The Balaban J connectivity index is 1.60. The quantitative estimate of drug-likeness (QED) is 0.597. The van der Waals surface area contributed by atoms with Crippen LogP contribution in [0.4, 0.5) is 0 Å². The van der Waals surface area contributed by atoms with Gasteiger partial charge in [-0.05, 0) is 17.7 Å². The minimum Gasteiger partial charge on any atom is -0.489 e. The Morgan fingerprint density at radius 2 is 1.82 bits per heavy atom. The third kappa shape index (κ3) is 2.49. The fraction of sp³-hybridized carbons (Fsp3) is 0.100. The van der Waals surface area contributed by atoms with Gasteiger partial charge in [-0.3, -0.25) is 9.59 Å². The summed E-state index contributed by atoms with van der Waals surface area (Å²) in [7, 11) is 0. The highest BCUT2D eigenvalue weighted by molar-refractivity contribution is 6.64. The molecule has 138 valence electrons. The van der Waals surface area contributed by atoms with E-state index in [4.69, 9.17) is 27.9 Å². The Morgan fingerprint density at radius 1 is 1.04 bits per heavy atom. The number of hydrogen-bond acceptors (Lipinski definition) is 5. The van der Waals surface area contributed by atoms with Gasteiger partial charge in [0.05, 0.1) is 6.20 Å². The van der Waals surface area contributed by atoms with E-state index in [1.54, 1.807) is 28.9 Å². The molecule has 2 aromatic carbocycles. The van der Waals surface area contributed by atoms with Gasteiger partial charge in [-0.2, -0.15) is 0 Å². The largest absolute Gasteiger partial charge is 0.489 e. The standard InChI is InChI=1S/C20H11Cl2N3O3/c21-11-6-4-10(5-7-11)14-8-25(24-23-14)15-9-28-20-16-12(15)2-1-3-13(16)18(26)19(27)17(20)22/h1-8,15H,9H2. The molecule has 0 bridgehead atoms. The van der Waals surface area contributed by atoms with Gasteiger partial charge in [-0.25, -0.2) is 4.68 Å². The van der Waals surface area contributed by atoms with Crippen molar-refractivity contribution in [1.82, 2.24) is 15.0 Å². The lowest BCUT2D eigenvalue weighted by Gasteiger charge is -2.31. The number of hydrogen-bond donors (Lipinski definition) is 0. The number of carbonyl (C=O) groups excluding carboxylic acids is 2. The highest BCUT2D eigenvalue weighted by Gasteiger charge is 2.39. The molecule has 1 aromatic heterocycles. The van der Waals surface area contributed by atoms with Crippen LogP contribution in [-0.4, -0.2) is 33.2 Å². The van der Waals surface area contributed by atoms with E-state index in [-0.39, 0.29) is 23.4 Å². The maximum Gasteiger partial charge on any atom is 0.248 e. The predicted molar refractivity (Wildman–Crippen MR) is 103 cm³/mol. The van der Waals surface area contributed by atoms with Gasteiger partial charge in [0.1, 0.15) is 29.1 Å². The number of ketones is 2. The second-order valence-corrected chi connectivity index (χ2v) is 7.30. The van der Waals surface area contributed by atoms with Crippen LogP contribution in [0.1, 0.15) is 27.5 Å². The maximum atomic E-state index is 12.4. The number of carbonyl (C=O) groups is 2. The molecule has 1 atom stereocenters. The Kier molecular flexibility index (Phi) is 3.86. The first-order chi connectivity index (χ1) is 13.5. The molecule has 0 amide bonds. The third-order valence-electron chi connectivity index (χ3n) is 4.89. The van der Waals surface area contributed by atoms with Crippen molar-refractivity contribution < 1.29 is 14.3 Å². The van der Waals surface area contributed by atoms with E-state index in [1.807, 2.05) is 24.4 Å². The molecule has 0 saturated heterocycles. The molecule has 0 spiro atoms. The number of rotatable bonds is 2. The van der Waals surface area contributed by atoms with E-state index >= 15 is 0 Å². The maximum absolute atomic E-state index is 12.4. The summed E-state index contributed by atoms with van der Waals surface area (Å²) >= 11 is 12.0. The second kappa shape index (κ2) is 6.29. The molecule has 0 radical (unpaired) electrons.